The van der Waals surface area contributed by atoms with Gasteiger partial charge >= 0.3 is 0 Å². The molecule has 4 nitrogen and oxygen atoms in total. The van der Waals surface area contributed by atoms with Gasteiger partial charge in [-0.25, -0.2) is 4.39 Å². The van der Waals surface area contributed by atoms with Crippen LogP contribution in [0.5, 0.6) is 0 Å². The summed E-state index contributed by atoms with van der Waals surface area (Å²) in [6, 6.07) is 15.5. The second-order valence-corrected chi connectivity index (χ2v) is 8.04. The number of fused-ring (bicyclic) bond motifs is 1. The number of carbonyl (C=O) groups is 2. The average Bonchev–Trinajstić information content (AvgIpc) is 2.92. The lowest BCUT2D eigenvalue weighted by molar-refractivity contribution is -0.128. The van der Waals surface area contributed by atoms with E-state index >= 15 is 0 Å². The smallest absolute Gasteiger partial charge is 0.260 e. The van der Waals surface area contributed by atoms with Gasteiger partial charge in [-0.15, -0.1) is 0 Å². The second kappa shape index (κ2) is 8.87. The van der Waals surface area contributed by atoms with Gasteiger partial charge in [-0.3, -0.25) is 14.5 Å². The van der Waals surface area contributed by atoms with Gasteiger partial charge in [0, 0.05) is 18.5 Å². The van der Waals surface area contributed by atoms with Crippen molar-refractivity contribution in [1.29, 1.82) is 0 Å². The third-order valence-electron chi connectivity index (χ3n) is 6.20. The van der Waals surface area contributed by atoms with Gasteiger partial charge in [0.25, 0.3) is 5.91 Å². The van der Waals surface area contributed by atoms with E-state index < -0.39 is 5.82 Å². The first kappa shape index (κ1) is 19.8. The van der Waals surface area contributed by atoms with E-state index in [9.17, 15) is 14.0 Å². The summed E-state index contributed by atoms with van der Waals surface area (Å²) in [6.07, 6.45) is 4.23. The number of nitrogens with zero attached hydrogens (tertiary/aromatic N) is 1. The van der Waals surface area contributed by atoms with Crippen LogP contribution in [-0.4, -0.2) is 29.4 Å². The summed E-state index contributed by atoms with van der Waals surface area (Å²) in [7, 11) is 0. The maximum Gasteiger partial charge on any atom is 0.260 e. The third-order valence-corrected chi connectivity index (χ3v) is 6.20. The first-order valence-electron chi connectivity index (χ1n) is 10.4. The quantitative estimate of drug-likeness (QED) is 0.712. The van der Waals surface area contributed by atoms with Crippen LogP contribution in [0.3, 0.4) is 0 Å². The summed E-state index contributed by atoms with van der Waals surface area (Å²) >= 11 is 0. The molecule has 1 saturated carbocycles. The van der Waals surface area contributed by atoms with Crippen LogP contribution in [0.4, 0.5) is 4.39 Å². The Morgan fingerprint density at radius 3 is 2.55 bits per heavy atom. The molecule has 3 atom stereocenters. The van der Waals surface area contributed by atoms with Crippen LogP contribution in [0.25, 0.3) is 0 Å². The van der Waals surface area contributed by atoms with Crippen LogP contribution in [0.15, 0.2) is 54.6 Å². The van der Waals surface area contributed by atoms with Crippen molar-refractivity contribution in [2.45, 2.75) is 44.8 Å². The topological polar surface area (TPSA) is 46.6 Å². The maximum atomic E-state index is 13.2. The molecule has 3 unspecified atom stereocenters. The molecule has 152 valence electrons. The fourth-order valence-electron chi connectivity index (χ4n) is 4.65. The molecular formula is C24H26FNO3. The molecule has 1 aliphatic heterocycles. The van der Waals surface area contributed by atoms with E-state index in [2.05, 4.69) is 12.1 Å². The number of hydrogen-bond acceptors (Lipinski definition) is 3. The SMILES string of the molecule is O=C1CCC2C(CCCC2OCc2ccccc2)CN1C(=O)c1ccc(F)cc1. The number of likely N-dealkylation sites (tertiary alicyclic amines) is 1. The van der Waals surface area contributed by atoms with Crippen molar-refractivity contribution in [3.63, 3.8) is 0 Å². The fraction of sp³-hybridized carbons (Fsp3) is 0.417. The molecule has 5 heteroatoms. The lowest BCUT2D eigenvalue weighted by atomic mass is 9.75. The van der Waals surface area contributed by atoms with Crippen molar-refractivity contribution in [2.75, 3.05) is 6.54 Å². The van der Waals surface area contributed by atoms with Crippen LogP contribution >= 0.6 is 0 Å². The Morgan fingerprint density at radius 1 is 1.03 bits per heavy atom. The Bertz CT molecular complexity index is 852. The number of carbonyl (C=O) groups excluding carboxylic acids is 2. The molecule has 2 fully saturated rings. The van der Waals surface area contributed by atoms with E-state index in [0.717, 1.165) is 31.2 Å². The van der Waals surface area contributed by atoms with Gasteiger partial charge in [0.2, 0.25) is 5.91 Å². The number of benzene rings is 2. The molecular weight excluding hydrogens is 369 g/mol. The lowest BCUT2D eigenvalue weighted by Crippen LogP contribution is -2.42. The van der Waals surface area contributed by atoms with Gasteiger partial charge in [-0.2, -0.15) is 0 Å². The van der Waals surface area contributed by atoms with Crippen molar-refractivity contribution >= 4 is 11.8 Å². The zero-order chi connectivity index (χ0) is 20.2. The predicted molar refractivity (Wildman–Crippen MR) is 108 cm³/mol. The van der Waals surface area contributed by atoms with Gasteiger partial charge in [0.15, 0.2) is 0 Å². The molecule has 0 spiro atoms. The Morgan fingerprint density at radius 2 is 1.79 bits per heavy atom. The van der Waals surface area contributed by atoms with Crippen molar-refractivity contribution < 1.29 is 18.7 Å². The van der Waals surface area contributed by atoms with E-state index in [1.54, 1.807) is 0 Å². The Hall–Kier alpha value is -2.53. The minimum Gasteiger partial charge on any atom is -0.373 e. The summed E-state index contributed by atoms with van der Waals surface area (Å²) < 4.78 is 19.5. The van der Waals surface area contributed by atoms with Crippen molar-refractivity contribution in [3.05, 3.63) is 71.5 Å². The molecule has 1 aliphatic carbocycles. The zero-order valence-corrected chi connectivity index (χ0v) is 16.4. The highest BCUT2D eigenvalue weighted by atomic mass is 19.1. The number of hydrogen-bond donors (Lipinski definition) is 0. The van der Waals surface area contributed by atoms with Crippen LogP contribution in [0, 0.1) is 17.7 Å². The van der Waals surface area contributed by atoms with Gasteiger partial charge in [0.05, 0.1) is 12.7 Å². The minimum absolute atomic E-state index is 0.114. The number of imide groups is 1. The molecule has 4 rings (SSSR count). The van der Waals surface area contributed by atoms with Gasteiger partial charge in [0.1, 0.15) is 5.82 Å². The summed E-state index contributed by atoms with van der Waals surface area (Å²) in [5, 5.41) is 0. The normalized spacial score (nSPS) is 24.7. The average molecular weight is 395 g/mol. The van der Waals surface area contributed by atoms with Crippen LogP contribution in [0.2, 0.25) is 0 Å². The highest BCUT2D eigenvalue weighted by molar-refractivity contribution is 6.04. The first-order valence-corrected chi connectivity index (χ1v) is 10.4. The molecule has 2 aromatic rings. The third kappa shape index (κ3) is 4.56. The van der Waals surface area contributed by atoms with Crippen molar-refractivity contribution in [2.24, 2.45) is 11.8 Å². The van der Waals surface area contributed by atoms with Gasteiger partial charge in [-0.05, 0) is 60.9 Å². The second-order valence-electron chi connectivity index (χ2n) is 8.04. The van der Waals surface area contributed by atoms with Crippen LogP contribution < -0.4 is 0 Å². The summed E-state index contributed by atoms with van der Waals surface area (Å²) in [5.41, 5.74) is 1.50. The molecule has 1 saturated heterocycles. The first-order chi connectivity index (χ1) is 14.1. The molecule has 2 aliphatic rings. The lowest BCUT2D eigenvalue weighted by Gasteiger charge is -2.37. The number of rotatable bonds is 4. The largest absolute Gasteiger partial charge is 0.373 e. The summed E-state index contributed by atoms with van der Waals surface area (Å²) in [6.45, 7) is 0.992. The summed E-state index contributed by atoms with van der Waals surface area (Å²) in [5.74, 6) is -0.337. The molecule has 1 heterocycles. The highest BCUT2D eigenvalue weighted by Crippen LogP contribution is 2.38. The highest BCUT2D eigenvalue weighted by Gasteiger charge is 2.40. The number of halogens is 1. The minimum atomic E-state index is -0.394. The van der Waals surface area contributed by atoms with Gasteiger partial charge < -0.3 is 4.74 Å². The van der Waals surface area contributed by atoms with E-state index in [0.29, 0.717) is 25.1 Å². The molecule has 0 aromatic heterocycles. The van der Waals surface area contributed by atoms with Gasteiger partial charge in [-0.1, -0.05) is 36.8 Å². The van der Waals surface area contributed by atoms with E-state index in [4.69, 9.17) is 4.74 Å². The van der Waals surface area contributed by atoms with Crippen molar-refractivity contribution in [3.8, 4) is 0 Å². The molecule has 29 heavy (non-hydrogen) atoms. The van der Waals surface area contributed by atoms with Crippen LogP contribution in [0.1, 0.15) is 48.0 Å². The predicted octanol–water partition coefficient (Wildman–Crippen LogP) is 4.59. The van der Waals surface area contributed by atoms with Crippen molar-refractivity contribution in [1.82, 2.24) is 4.90 Å². The molecule has 0 radical (unpaired) electrons. The zero-order valence-electron chi connectivity index (χ0n) is 16.4. The Labute approximate surface area is 170 Å². The number of amides is 2. The summed E-state index contributed by atoms with van der Waals surface area (Å²) in [4.78, 5) is 27.0. The molecule has 0 bridgehead atoms. The molecule has 0 N–H and O–H groups in total. The monoisotopic (exact) mass is 395 g/mol. The maximum absolute atomic E-state index is 13.2. The number of ether oxygens (including phenoxy) is 1. The van der Waals surface area contributed by atoms with Crippen LogP contribution in [-0.2, 0) is 16.1 Å². The Balaban J connectivity index is 1.45. The molecule has 2 amide bonds. The van der Waals surface area contributed by atoms with E-state index in [1.807, 2.05) is 18.2 Å². The molecule has 2 aromatic carbocycles. The fourth-order valence-corrected chi connectivity index (χ4v) is 4.65. The van der Waals surface area contributed by atoms with E-state index in [1.165, 1.54) is 29.2 Å². The standard InChI is InChI=1S/C24H26FNO3/c25-20-11-9-18(10-12-20)24(28)26-15-19-7-4-8-22(21(19)13-14-23(26)27)29-16-17-5-2-1-3-6-17/h1-3,5-6,9-12,19,21-22H,4,7-8,13-16H2. The van der Waals surface area contributed by atoms with E-state index in [-0.39, 0.29) is 29.8 Å². The Kier molecular flexibility index (Phi) is 6.05.